The van der Waals surface area contributed by atoms with Crippen LogP contribution in [-0.2, 0) is 9.59 Å². The van der Waals surface area contributed by atoms with Crippen molar-refractivity contribution in [1.29, 1.82) is 0 Å². The summed E-state index contributed by atoms with van der Waals surface area (Å²) in [5.41, 5.74) is 5.43. The summed E-state index contributed by atoms with van der Waals surface area (Å²) in [4.78, 5) is 29.2. The van der Waals surface area contributed by atoms with Gasteiger partial charge in [0, 0.05) is 43.2 Å². The van der Waals surface area contributed by atoms with Gasteiger partial charge in [0.2, 0.25) is 0 Å². The van der Waals surface area contributed by atoms with E-state index in [0.29, 0.717) is 11.4 Å². The Kier molecular flexibility index (Phi) is 5.99. The van der Waals surface area contributed by atoms with Crippen LogP contribution in [0.1, 0.15) is 16.7 Å². The minimum Gasteiger partial charge on any atom is -0.369 e. The molecular formula is C22H28N4O2. The van der Waals surface area contributed by atoms with E-state index in [1.165, 1.54) is 0 Å². The Bertz CT molecular complexity index is 846. The van der Waals surface area contributed by atoms with Crippen molar-refractivity contribution < 1.29 is 9.59 Å². The van der Waals surface area contributed by atoms with Crippen LogP contribution in [0.4, 0.5) is 17.1 Å². The normalized spacial score (nSPS) is 14.6. The van der Waals surface area contributed by atoms with Gasteiger partial charge in [0.15, 0.2) is 0 Å². The van der Waals surface area contributed by atoms with Crippen molar-refractivity contribution in [3.63, 3.8) is 0 Å². The van der Waals surface area contributed by atoms with Crippen molar-refractivity contribution in [1.82, 2.24) is 4.90 Å². The number of hydrogen-bond donors (Lipinski definition) is 2. The Morgan fingerprint density at radius 3 is 1.93 bits per heavy atom. The highest BCUT2D eigenvalue weighted by molar-refractivity contribution is 6.43. The molecule has 6 nitrogen and oxygen atoms in total. The molecule has 28 heavy (non-hydrogen) atoms. The zero-order valence-electron chi connectivity index (χ0n) is 17.0. The van der Waals surface area contributed by atoms with Crippen LogP contribution in [0.3, 0.4) is 0 Å². The number of likely N-dealkylation sites (N-methyl/N-ethyl adjacent to an activating group) is 1. The van der Waals surface area contributed by atoms with Gasteiger partial charge in [-0.2, -0.15) is 0 Å². The zero-order chi connectivity index (χ0) is 20.3. The van der Waals surface area contributed by atoms with Gasteiger partial charge < -0.3 is 20.4 Å². The molecular weight excluding hydrogens is 352 g/mol. The first-order valence-electron chi connectivity index (χ1n) is 9.57. The number of amides is 2. The minimum atomic E-state index is -0.674. The van der Waals surface area contributed by atoms with Crippen LogP contribution in [-0.4, -0.2) is 49.9 Å². The summed E-state index contributed by atoms with van der Waals surface area (Å²) >= 11 is 0. The van der Waals surface area contributed by atoms with E-state index < -0.39 is 11.8 Å². The standard InChI is InChI=1S/C22H28N4O2/c1-15-13-16(2)20(17(3)14-15)24-22(28)21(27)23-18-5-7-19(8-6-18)26-11-9-25(4)10-12-26/h5-8,13-14H,9-12H2,1-4H3,(H,23,27)(H,24,28). The van der Waals surface area contributed by atoms with Crippen molar-refractivity contribution in [3.05, 3.63) is 53.1 Å². The molecule has 2 amide bonds. The number of anilines is 3. The van der Waals surface area contributed by atoms with Crippen molar-refractivity contribution in [2.75, 3.05) is 48.8 Å². The lowest BCUT2D eigenvalue weighted by Crippen LogP contribution is -2.44. The topological polar surface area (TPSA) is 64.7 Å². The Morgan fingerprint density at radius 1 is 0.821 bits per heavy atom. The maximum Gasteiger partial charge on any atom is 0.314 e. The number of aryl methyl sites for hydroxylation is 3. The fraction of sp³-hybridized carbons (Fsp3) is 0.364. The molecule has 1 fully saturated rings. The number of hydrogen-bond acceptors (Lipinski definition) is 4. The summed E-state index contributed by atoms with van der Waals surface area (Å²) in [5, 5.41) is 5.40. The predicted octanol–water partition coefficient (Wildman–Crippen LogP) is 2.94. The Labute approximate surface area is 166 Å². The quantitative estimate of drug-likeness (QED) is 0.804. The summed E-state index contributed by atoms with van der Waals surface area (Å²) in [7, 11) is 2.13. The maximum absolute atomic E-state index is 12.3. The minimum absolute atomic E-state index is 0.607. The fourth-order valence-corrected chi connectivity index (χ4v) is 3.56. The summed E-state index contributed by atoms with van der Waals surface area (Å²) < 4.78 is 0. The largest absolute Gasteiger partial charge is 0.369 e. The first-order valence-corrected chi connectivity index (χ1v) is 9.57. The van der Waals surface area contributed by atoms with Gasteiger partial charge in [-0.1, -0.05) is 17.7 Å². The number of benzene rings is 2. The van der Waals surface area contributed by atoms with Crippen molar-refractivity contribution in [3.8, 4) is 0 Å². The van der Waals surface area contributed by atoms with Crippen LogP contribution in [0, 0.1) is 20.8 Å². The molecule has 148 valence electrons. The predicted molar refractivity (Wildman–Crippen MR) is 114 cm³/mol. The molecule has 3 rings (SSSR count). The molecule has 0 aromatic heterocycles. The summed E-state index contributed by atoms with van der Waals surface area (Å²) in [6, 6.07) is 11.6. The molecule has 1 heterocycles. The van der Waals surface area contributed by atoms with Crippen LogP contribution in [0.15, 0.2) is 36.4 Å². The van der Waals surface area contributed by atoms with E-state index in [2.05, 4.69) is 27.5 Å². The lowest BCUT2D eigenvalue weighted by atomic mass is 10.1. The Balaban J connectivity index is 1.60. The van der Waals surface area contributed by atoms with Crippen molar-refractivity contribution in [2.24, 2.45) is 0 Å². The molecule has 0 unspecified atom stereocenters. The number of carbonyl (C=O) groups is 2. The molecule has 2 aromatic carbocycles. The van der Waals surface area contributed by atoms with Gasteiger partial charge in [-0.05, 0) is 63.2 Å². The SMILES string of the molecule is Cc1cc(C)c(NC(=O)C(=O)Nc2ccc(N3CCN(C)CC3)cc2)c(C)c1. The monoisotopic (exact) mass is 380 g/mol. The van der Waals surface area contributed by atoms with E-state index in [1.54, 1.807) is 0 Å². The second-order valence-electron chi connectivity index (χ2n) is 7.52. The average molecular weight is 380 g/mol. The lowest BCUT2D eigenvalue weighted by Gasteiger charge is -2.34. The Hall–Kier alpha value is -2.86. The number of carbonyl (C=O) groups excluding carboxylic acids is 2. The van der Waals surface area contributed by atoms with E-state index in [4.69, 9.17) is 0 Å². The molecule has 0 bridgehead atoms. The zero-order valence-corrected chi connectivity index (χ0v) is 17.0. The number of piperazine rings is 1. The van der Waals surface area contributed by atoms with Crippen LogP contribution < -0.4 is 15.5 Å². The van der Waals surface area contributed by atoms with E-state index in [-0.39, 0.29) is 0 Å². The van der Waals surface area contributed by atoms with Crippen LogP contribution in [0.2, 0.25) is 0 Å². The van der Waals surface area contributed by atoms with Gasteiger partial charge in [0.1, 0.15) is 0 Å². The fourth-order valence-electron chi connectivity index (χ4n) is 3.56. The summed E-state index contributed by atoms with van der Waals surface area (Å²) in [5.74, 6) is -1.34. The van der Waals surface area contributed by atoms with E-state index >= 15 is 0 Å². The molecule has 0 radical (unpaired) electrons. The molecule has 2 N–H and O–H groups in total. The second-order valence-corrected chi connectivity index (χ2v) is 7.52. The molecule has 0 saturated carbocycles. The van der Waals surface area contributed by atoms with E-state index in [0.717, 1.165) is 48.6 Å². The molecule has 0 atom stereocenters. The maximum atomic E-state index is 12.3. The van der Waals surface area contributed by atoms with Gasteiger partial charge >= 0.3 is 11.8 Å². The van der Waals surface area contributed by atoms with Crippen molar-refractivity contribution >= 4 is 28.9 Å². The first kappa shape index (κ1) is 19.9. The van der Waals surface area contributed by atoms with Gasteiger partial charge in [0.25, 0.3) is 0 Å². The third-order valence-corrected chi connectivity index (χ3v) is 5.12. The highest BCUT2D eigenvalue weighted by atomic mass is 16.2. The van der Waals surface area contributed by atoms with Gasteiger partial charge in [-0.15, -0.1) is 0 Å². The second kappa shape index (κ2) is 8.44. The molecule has 0 aliphatic carbocycles. The van der Waals surface area contributed by atoms with Gasteiger partial charge in [-0.25, -0.2) is 0 Å². The third-order valence-electron chi connectivity index (χ3n) is 5.12. The van der Waals surface area contributed by atoms with Crippen LogP contribution >= 0.6 is 0 Å². The smallest absolute Gasteiger partial charge is 0.314 e. The van der Waals surface area contributed by atoms with Crippen LogP contribution in [0.25, 0.3) is 0 Å². The third kappa shape index (κ3) is 4.70. The van der Waals surface area contributed by atoms with Crippen LogP contribution in [0.5, 0.6) is 0 Å². The lowest BCUT2D eigenvalue weighted by molar-refractivity contribution is -0.133. The summed E-state index contributed by atoms with van der Waals surface area (Å²) in [6.07, 6.45) is 0. The molecule has 1 saturated heterocycles. The molecule has 1 aliphatic heterocycles. The highest BCUT2D eigenvalue weighted by Gasteiger charge is 2.17. The number of rotatable bonds is 3. The first-order chi connectivity index (χ1) is 13.3. The van der Waals surface area contributed by atoms with E-state index in [1.807, 2.05) is 57.2 Å². The summed E-state index contributed by atoms with van der Waals surface area (Å²) in [6.45, 7) is 9.89. The van der Waals surface area contributed by atoms with Crippen molar-refractivity contribution in [2.45, 2.75) is 20.8 Å². The molecule has 0 spiro atoms. The Morgan fingerprint density at radius 2 is 1.36 bits per heavy atom. The highest BCUT2D eigenvalue weighted by Crippen LogP contribution is 2.22. The molecule has 2 aromatic rings. The van der Waals surface area contributed by atoms with Gasteiger partial charge in [-0.3, -0.25) is 9.59 Å². The number of nitrogens with one attached hydrogen (secondary N) is 2. The molecule has 6 heteroatoms. The number of nitrogens with zero attached hydrogens (tertiary/aromatic N) is 2. The average Bonchev–Trinajstić information content (AvgIpc) is 2.65. The van der Waals surface area contributed by atoms with Gasteiger partial charge in [0.05, 0.1) is 0 Å². The molecule has 1 aliphatic rings. The van der Waals surface area contributed by atoms with E-state index in [9.17, 15) is 9.59 Å².